The lowest BCUT2D eigenvalue weighted by atomic mass is 10.1. The van der Waals surface area contributed by atoms with Crippen molar-refractivity contribution in [2.45, 2.75) is 37.8 Å². The first-order valence-corrected chi connectivity index (χ1v) is 6.17. The molecule has 0 radical (unpaired) electrons. The van der Waals surface area contributed by atoms with Gasteiger partial charge in [0.05, 0.1) is 0 Å². The highest BCUT2D eigenvalue weighted by Gasteiger charge is 2.30. The third-order valence-electron chi connectivity index (χ3n) is 3.21. The molecule has 2 heteroatoms. The zero-order valence-electron chi connectivity index (χ0n) is 8.09. The van der Waals surface area contributed by atoms with Crippen molar-refractivity contribution in [2.75, 3.05) is 0 Å². The Morgan fingerprint density at radius 3 is 2.86 bits per heavy atom. The first kappa shape index (κ1) is 8.93. The largest absolute Gasteiger partial charge is 0.307 e. The van der Waals surface area contributed by atoms with Crippen LogP contribution in [0.5, 0.6) is 0 Å². The van der Waals surface area contributed by atoms with Gasteiger partial charge in [0.15, 0.2) is 0 Å². The van der Waals surface area contributed by atoms with Gasteiger partial charge in [-0.2, -0.15) is 0 Å². The molecule has 1 aromatic carbocycles. The van der Waals surface area contributed by atoms with E-state index in [1.807, 2.05) is 0 Å². The molecular weight excluding hydrogens is 238 g/mol. The standard InChI is InChI=1S/C12H14BrN/c13-10-3-1-2-8-4-7-11(12(8)10)14-9-5-6-9/h1-3,9,11,14H,4-7H2. The van der Waals surface area contributed by atoms with E-state index in [1.54, 1.807) is 0 Å². The molecule has 2 aliphatic rings. The highest BCUT2D eigenvalue weighted by Crippen LogP contribution is 2.38. The number of rotatable bonds is 2. The second-order valence-electron chi connectivity index (χ2n) is 4.34. The Morgan fingerprint density at radius 2 is 2.07 bits per heavy atom. The maximum atomic E-state index is 3.72. The summed E-state index contributed by atoms with van der Waals surface area (Å²) >= 11 is 3.66. The van der Waals surface area contributed by atoms with Gasteiger partial charge in [0, 0.05) is 16.6 Å². The third-order valence-corrected chi connectivity index (χ3v) is 3.90. The van der Waals surface area contributed by atoms with Crippen molar-refractivity contribution in [1.82, 2.24) is 5.32 Å². The molecule has 0 saturated heterocycles. The topological polar surface area (TPSA) is 12.0 Å². The second kappa shape index (κ2) is 3.35. The summed E-state index contributed by atoms with van der Waals surface area (Å²) in [6, 6.07) is 7.97. The van der Waals surface area contributed by atoms with Gasteiger partial charge in [-0.3, -0.25) is 0 Å². The molecule has 1 N–H and O–H groups in total. The Morgan fingerprint density at radius 1 is 1.21 bits per heavy atom. The van der Waals surface area contributed by atoms with E-state index in [2.05, 4.69) is 39.4 Å². The van der Waals surface area contributed by atoms with Crippen LogP contribution in [0.15, 0.2) is 22.7 Å². The van der Waals surface area contributed by atoms with Crippen LogP contribution in [0.2, 0.25) is 0 Å². The predicted molar refractivity (Wildman–Crippen MR) is 61.4 cm³/mol. The Balaban J connectivity index is 1.91. The van der Waals surface area contributed by atoms with Crippen LogP contribution in [0, 0.1) is 0 Å². The van der Waals surface area contributed by atoms with E-state index in [-0.39, 0.29) is 0 Å². The monoisotopic (exact) mass is 251 g/mol. The minimum atomic E-state index is 0.605. The third kappa shape index (κ3) is 1.51. The number of halogens is 1. The van der Waals surface area contributed by atoms with Crippen molar-refractivity contribution in [1.29, 1.82) is 0 Å². The molecule has 1 nitrogen and oxygen atoms in total. The first-order valence-electron chi connectivity index (χ1n) is 5.38. The molecule has 14 heavy (non-hydrogen) atoms. The van der Waals surface area contributed by atoms with Crippen LogP contribution in [0.25, 0.3) is 0 Å². The minimum absolute atomic E-state index is 0.605. The maximum absolute atomic E-state index is 3.72. The van der Waals surface area contributed by atoms with Gasteiger partial charge in [0.25, 0.3) is 0 Å². The van der Waals surface area contributed by atoms with Gasteiger partial charge in [-0.15, -0.1) is 0 Å². The highest BCUT2D eigenvalue weighted by molar-refractivity contribution is 9.10. The van der Waals surface area contributed by atoms with Crippen molar-refractivity contribution < 1.29 is 0 Å². The smallest absolute Gasteiger partial charge is 0.0339 e. The van der Waals surface area contributed by atoms with E-state index in [1.165, 1.54) is 41.3 Å². The van der Waals surface area contributed by atoms with Crippen LogP contribution >= 0.6 is 15.9 Å². The number of hydrogen-bond donors (Lipinski definition) is 1. The van der Waals surface area contributed by atoms with E-state index in [4.69, 9.17) is 0 Å². The SMILES string of the molecule is Brc1cccc2c1C(NC1CC1)CC2. The van der Waals surface area contributed by atoms with Crippen molar-refractivity contribution in [3.05, 3.63) is 33.8 Å². The van der Waals surface area contributed by atoms with E-state index in [9.17, 15) is 0 Å². The van der Waals surface area contributed by atoms with Gasteiger partial charge in [0.1, 0.15) is 0 Å². The summed E-state index contributed by atoms with van der Waals surface area (Å²) < 4.78 is 1.28. The summed E-state index contributed by atoms with van der Waals surface area (Å²) in [4.78, 5) is 0. The van der Waals surface area contributed by atoms with Crippen LogP contribution in [0.4, 0.5) is 0 Å². The van der Waals surface area contributed by atoms with Crippen molar-refractivity contribution in [3.63, 3.8) is 0 Å². The van der Waals surface area contributed by atoms with Crippen molar-refractivity contribution in [3.8, 4) is 0 Å². The summed E-state index contributed by atoms with van der Waals surface area (Å²) in [7, 11) is 0. The average molecular weight is 252 g/mol. The zero-order chi connectivity index (χ0) is 9.54. The van der Waals surface area contributed by atoms with E-state index < -0.39 is 0 Å². The molecule has 0 bridgehead atoms. The molecule has 3 rings (SSSR count). The Hall–Kier alpha value is -0.340. The molecule has 1 fully saturated rings. The van der Waals surface area contributed by atoms with E-state index >= 15 is 0 Å². The zero-order valence-corrected chi connectivity index (χ0v) is 9.68. The van der Waals surface area contributed by atoms with Crippen molar-refractivity contribution >= 4 is 15.9 Å². The lowest BCUT2D eigenvalue weighted by molar-refractivity contribution is 0.526. The molecule has 2 aliphatic carbocycles. The molecule has 1 saturated carbocycles. The number of fused-ring (bicyclic) bond motifs is 1. The molecular formula is C12H14BrN. The summed E-state index contributed by atoms with van der Waals surface area (Å²) in [5.74, 6) is 0. The van der Waals surface area contributed by atoms with Crippen molar-refractivity contribution in [2.24, 2.45) is 0 Å². The molecule has 0 aliphatic heterocycles. The minimum Gasteiger partial charge on any atom is -0.307 e. The van der Waals surface area contributed by atoms with Gasteiger partial charge < -0.3 is 5.32 Å². The maximum Gasteiger partial charge on any atom is 0.0339 e. The molecule has 1 unspecified atom stereocenters. The Labute approximate surface area is 93.0 Å². The van der Waals surface area contributed by atoms with Crippen LogP contribution in [-0.2, 0) is 6.42 Å². The predicted octanol–water partition coefficient (Wildman–Crippen LogP) is 3.19. The lowest BCUT2D eigenvalue weighted by Gasteiger charge is -2.14. The van der Waals surface area contributed by atoms with Gasteiger partial charge in [-0.05, 0) is 42.9 Å². The van der Waals surface area contributed by atoms with E-state index in [0.29, 0.717) is 6.04 Å². The quantitative estimate of drug-likeness (QED) is 0.852. The van der Waals surface area contributed by atoms with Gasteiger partial charge in [0.2, 0.25) is 0 Å². The van der Waals surface area contributed by atoms with Gasteiger partial charge in [-0.25, -0.2) is 0 Å². The van der Waals surface area contributed by atoms with E-state index in [0.717, 1.165) is 6.04 Å². The summed E-state index contributed by atoms with van der Waals surface area (Å²) in [6.45, 7) is 0. The fourth-order valence-electron chi connectivity index (χ4n) is 2.34. The Kier molecular flexibility index (Phi) is 2.14. The first-order chi connectivity index (χ1) is 6.84. The fraction of sp³-hybridized carbons (Fsp3) is 0.500. The highest BCUT2D eigenvalue weighted by atomic mass is 79.9. The summed E-state index contributed by atoms with van der Waals surface area (Å²) in [5, 5.41) is 3.72. The lowest BCUT2D eigenvalue weighted by Crippen LogP contribution is -2.21. The summed E-state index contributed by atoms with van der Waals surface area (Å²) in [6.07, 6.45) is 5.25. The molecule has 0 spiro atoms. The van der Waals surface area contributed by atoms with Crippen LogP contribution in [-0.4, -0.2) is 6.04 Å². The molecule has 1 aromatic rings. The number of hydrogen-bond acceptors (Lipinski definition) is 1. The molecule has 0 amide bonds. The summed E-state index contributed by atoms with van der Waals surface area (Å²) in [5.41, 5.74) is 3.04. The number of benzene rings is 1. The van der Waals surface area contributed by atoms with Gasteiger partial charge in [-0.1, -0.05) is 28.1 Å². The van der Waals surface area contributed by atoms with Crippen LogP contribution < -0.4 is 5.32 Å². The average Bonchev–Trinajstić information content (AvgIpc) is 2.88. The second-order valence-corrected chi connectivity index (χ2v) is 5.20. The number of aryl methyl sites for hydroxylation is 1. The number of nitrogens with one attached hydrogen (secondary N) is 1. The molecule has 74 valence electrons. The molecule has 0 heterocycles. The molecule has 0 aromatic heterocycles. The molecule has 1 atom stereocenters. The van der Waals surface area contributed by atoms with Crippen LogP contribution in [0.3, 0.4) is 0 Å². The normalized spacial score (nSPS) is 25.1. The van der Waals surface area contributed by atoms with Gasteiger partial charge >= 0.3 is 0 Å². The Bertz CT molecular complexity index is 357. The fourth-order valence-corrected chi connectivity index (χ4v) is 3.02. The van der Waals surface area contributed by atoms with Crippen LogP contribution in [0.1, 0.15) is 36.4 Å².